The highest BCUT2D eigenvalue weighted by molar-refractivity contribution is 9.10. The van der Waals surface area contributed by atoms with Gasteiger partial charge in [-0.1, -0.05) is 51.8 Å². The Bertz CT molecular complexity index is 1500. The number of Topliss-reactive ketones (excluding diaryl/α,β-unsaturated/α-hetero) is 1. The van der Waals surface area contributed by atoms with Crippen molar-refractivity contribution in [3.05, 3.63) is 104 Å². The Balaban J connectivity index is 1.81. The summed E-state index contributed by atoms with van der Waals surface area (Å²) >= 11 is 9.55. The smallest absolute Gasteiger partial charge is 0.300 e. The molecule has 0 radical (unpaired) electrons. The first-order valence-electron chi connectivity index (χ1n) is 10.7. The molecule has 0 aliphatic carbocycles. The summed E-state index contributed by atoms with van der Waals surface area (Å²) in [4.78, 5) is 31.6. The average molecular weight is 536 g/mol. The first-order valence-corrected chi connectivity index (χ1v) is 11.9. The maximum atomic E-state index is 13.4. The molecule has 3 aromatic carbocycles. The number of aliphatic hydroxyl groups is 1. The van der Waals surface area contributed by atoms with E-state index in [1.807, 2.05) is 44.2 Å². The zero-order valence-corrected chi connectivity index (χ0v) is 20.7. The SMILES string of the molecule is Cc1cc(/C(O)=C2\C(=O)C(=O)N(c3ccc(Cl)cc3)C2c2c(C)[nH]c3ccccc23)ccc1Br. The lowest BCUT2D eigenvalue weighted by atomic mass is 9.93. The van der Waals surface area contributed by atoms with Gasteiger partial charge in [-0.25, -0.2) is 0 Å². The van der Waals surface area contributed by atoms with E-state index in [0.717, 1.165) is 32.2 Å². The molecule has 170 valence electrons. The van der Waals surface area contributed by atoms with Crippen molar-refractivity contribution in [1.82, 2.24) is 4.98 Å². The standard InChI is InChI=1S/C27H20BrClN2O3/c1-14-13-16(7-12-20(14)28)25(32)23-24(22-15(2)30-21-6-4-3-5-19(21)22)31(27(34)26(23)33)18-10-8-17(29)9-11-18/h3-13,24,30,32H,1-2H3/b25-23+. The normalized spacial score (nSPS) is 17.6. The fraction of sp³-hybridized carbons (Fsp3) is 0.111. The number of amides is 1. The lowest BCUT2D eigenvalue weighted by Gasteiger charge is -2.26. The lowest BCUT2D eigenvalue weighted by Crippen LogP contribution is -2.29. The lowest BCUT2D eigenvalue weighted by molar-refractivity contribution is -0.132. The van der Waals surface area contributed by atoms with Crippen molar-refractivity contribution in [2.45, 2.75) is 19.9 Å². The number of aromatic nitrogens is 1. The summed E-state index contributed by atoms with van der Waals surface area (Å²) in [6.45, 7) is 3.80. The van der Waals surface area contributed by atoms with Gasteiger partial charge in [0.05, 0.1) is 11.6 Å². The molecular weight excluding hydrogens is 516 g/mol. The molecule has 1 unspecified atom stereocenters. The number of aliphatic hydroxyl groups excluding tert-OH is 1. The maximum absolute atomic E-state index is 13.4. The van der Waals surface area contributed by atoms with Gasteiger partial charge in [0.1, 0.15) is 5.76 Å². The Hall–Kier alpha value is -3.35. The van der Waals surface area contributed by atoms with Crippen LogP contribution in [0.1, 0.15) is 28.4 Å². The minimum absolute atomic E-state index is 0.0505. The summed E-state index contributed by atoms with van der Waals surface area (Å²) in [5.41, 5.74) is 4.40. The highest BCUT2D eigenvalue weighted by Gasteiger charge is 2.48. The van der Waals surface area contributed by atoms with E-state index in [1.54, 1.807) is 36.4 Å². The van der Waals surface area contributed by atoms with Crippen LogP contribution in [0.4, 0.5) is 5.69 Å². The molecule has 1 aliphatic rings. The summed E-state index contributed by atoms with van der Waals surface area (Å²) in [5.74, 6) is -1.64. The number of ketones is 1. The molecule has 2 N–H and O–H groups in total. The van der Waals surface area contributed by atoms with E-state index in [2.05, 4.69) is 20.9 Å². The van der Waals surface area contributed by atoms with E-state index in [4.69, 9.17) is 11.6 Å². The molecule has 0 spiro atoms. The van der Waals surface area contributed by atoms with Crippen molar-refractivity contribution in [1.29, 1.82) is 0 Å². The number of hydrogen-bond acceptors (Lipinski definition) is 3. The highest BCUT2D eigenvalue weighted by atomic mass is 79.9. The van der Waals surface area contributed by atoms with Gasteiger partial charge in [-0.05, 0) is 61.9 Å². The van der Waals surface area contributed by atoms with Gasteiger partial charge in [0.2, 0.25) is 0 Å². The van der Waals surface area contributed by atoms with E-state index in [9.17, 15) is 14.7 Å². The molecule has 7 heteroatoms. The molecule has 1 aliphatic heterocycles. The number of H-pyrrole nitrogens is 1. The second-order valence-electron chi connectivity index (χ2n) is 8.32. The van der Waals surface area contributed by atoms with Crippen molar-refractivity contribution in [3.8, 4) is 0 Å². The van der Waals surface area contributed by atoms with Crippen molar-refractivity contribution in [2.75, 3.05) is 4.90 Å². The Kier molecular flexibility index (Phi) is 5.58. The summed E-state index contributed by atoms with van der Waals surface area (Å²) in [5, 5.41) is 12.8. The molecule has 1 aromatic heterocycles. The van der Waals surface area contributed by atoms with Crippen LogP contribution in [-0.2, 0) is 9.59 Å². The van der Waals surface area contributed by atoms with Gasteiger partial charge in [0, 0.05) is 42.9 Å². The van der Waals surface area contributed by atoms with Crippen molar-refractivity contribution < 1.29 is 14.7 Å². The third-order valence-electron chi connectivity index (χ3n) is 6.20. The van der Waals surface area contributed by atoms with E-state index >= 15 is 0 Å². The van der Waals surface area contributed by atoms with Gasteiger partial charge < -0.3 is 10.1 Å². The van der Waals surface area contributed by atoms with Gasteiger partial charge in [-0.3, -0.25) is 14.5 Å². The predicted octanol–water partition coefficient (Wildman–Crippen LogP) is 6.83. The zero-order chi connectivity index (χ0) is 24.1. The number of fused-ring (bicyclic) bond motifs is 1. The monoisotopic (exact) mass is 534 g/mol. The fourth-order valence-corrected chi connectivity index (χ4v) is 4.94. The predicted molar refractivity (Wildman–Crippen MR) is 138 cm³/mol. The third kappa shape index (κ3) is 3.54. The summed E-state index contributed by atoms with van der Waals surface area (Å²) in [7, 11) is 0. The Morgan fingerprint density at radius 2 is 1.74 bits per heavy atom. The van der Waals surface area contributed by atoms with Gasteiger partial charge in [-0.15, -0.1) is 0 Å². The number of aryl methyl sites for hydroxylation is 2. The molecule has 1 atom stereocenters. The Labute approximate surface area is 209 Å². The molecule has 5 nitrogen and oxygen atoms in total. The summed E-state index contributed by atoms with van der Waals surface area (Å²) in [6.07, 6.45) is 0. The van der Waals surface area contributed by atoms with Crippen LogP contribution >= 0.6 is 27.5 Å². The molecule has 4 aromatic rings. The first kappa shape index (κ1) is 22.4. The van der Waals surface area contributed by atoms with Crippen LogP contribution < -0.4 is 4.90 Å². The Morgan fingerprint density at radius 1 is 1.03 bits per heavy atom. The largest absolute Gasteiger partial charge is 0.507 e. The van der Waals surface area contributed by atoms with Crippen LogP contribution in [0, 0.1) is 13.8 Å². The second kappa shape index (κ2) is 8.46. The number of hydrogen-bond donors (Lipinski definition) is 2. The molecular formula is C27H20BrClN2O3. The number of nitrogens with one attached hydrogen (secondary N) is 1. The highest BCUT2D eigenvalue weighted by Crippen LogP contribution is 2.45. The Morgan fingerprint density at radius 3 is 2.44 bits per heavy atom. The van der Waals surface area contributed by atoms with Crippen molar-refractivity contribution >= 4 is 61.6 Å². The summed E-state index contributed by atoms with van der Waals surface area (Å²) in [6, 6.07) is 19.0. The van der Waals surface area contributed by atoms with Crippen LogP contribution in [0.2, 0.25) is 5.02 Å². The summed E-state index contributed by atoms with van der Waals surface area (Å²) < 4.78 is 0.884. The number of nitrogens with zero attached hydrogens (tertiary/aromatic N) is 1. The number of anilines is 1. The minimum atomic E-state index is -0.818. The zero-order valence-electron chi connectivity index (χ0n) is 18.4. The number of halogens is 2. The quantitative estimate of drug-likeness (QED) is 0.172. The van der Waals surface area contributed by atoms with Crippen molar-refractivity contribution in [3.63, 3.8) is 0 Å². The molecule has 1 fully saturated rings. The third-order valence-corrected chi connectivity index (χ3v) is 7.34. The van der Waals surface area contributed by atoms with E-state index < -0.39 is 17.7 Å². The minimum Gasteiger partial charge on any atom is -0.507 e. The second-order valence-corrected chi connectivity index (χ2v) is 9.61. The molecule has 0 bridgehead atoms. The van der Waals surface area contributed by atoms with Gasteiger partial charge in [-0.2, -0.15) is 0 Å². The van der Waals surface area contributed by atoms with E-state index in [1.165, 1.54) is 4.90 Å². The number of carbonyl (C=O) groups is 2. The van der Waals surface area contributed by atoms with E-state index in [0.29, 0.717) is 16.3 Å². The molecule has 5 rings (SSSR count). The number of rotatable bonds is 3. The number of carbonyl (C=O) groups excluding carboxylic acids is 2. The van der Waals surface area contributed by atoms with Gasteiger partial charge >= 0.3 is 0 Å². The van der Waals surface area contributed by atoms with Crippen LogP contribution in [0.5, 0.6) is 0 Å². The number of benzene rings is 3. The molecule has 0 saturated carbocycles. The average Bonchev–Trinajstić information content (AvgIpc) is 3.28. The van der Waals surface area contributed by atoms with E-state index in [-0.39, 0.29) is 11.3 Å². The molecule has 34 heavy (non-hydrogen) atoms. The fourth-order valence-electron chi connectivity index (χ4n) is 4.57. The van der Waals surface area contributed by atoms with Gasteiger partial charge in [0.15, 0.2) is 0 Å². The van der Waals surface area contributed by atoms with Crippen LogP contribution in [0.15, 0.2) is 76.8 Å². The molecule has 1 saturated heterocycles. The van der Waals surface area contributed by atoms with Crippen LogP contribution in [-0.4, -0.2) is 21.8 Å². The topological polar surface area (TPSA) is 73.4 Å². The maximum Gasteiger partial charge on any atom is 0.300 e. The van der Waals surface area contributed by atoms with Crippen molar-refractivity contribution in [2.24, 2.45) is 0 Å². The van der Waals surface area contributed by atoms with Gasteiger partial charge in [0.25, 0.3) is 11.7 Å². The number of para-hydroxylation sites is 1. The molecule has 2 heterocycles. The van der Waals surface area contributed by atoms with Crippen LogP contribution in [0.3, 0.4) is 0 Å². The van der Waals surface area contributed by atoms with Crippen LogP contribution in [0.25, 0.3) is 16.7 Å². The molecule has 1 amide bonds. The first-order chi connectivity index (χ1) is 16.3. The number of aromatic amines is 1.